The molecule has 5 nitrogen and oxygen atoms in total. The van der Waals surface area contributed by atoms with Gasteiger partial charge >= 0.3 is 0 Å². The number of hydrogen-bond donors (Lipinski definition) is 1. The Hall–Kier alpha value is -0.470. The van der Waals surface area contributed by atoms with Crippen LogP contribution in [0.25, 0.3) is 0 Å². The van der Waals surface area contributed by atoms with E-state index in [2.05, 4.69) is 5.32 Å². The lowest BCUT2D eigenvalue weighted by atomic mass is 10.0. The molecule has 0 radical (unpaired) electrons. The third-order valence-corrected chi connectivity index (χ3v) is 7.41. The largest absolute Gasteiger partial charge is 0.355 e. The summed E-state index contributed by atoms with van der Waals surface area (Å²) in [5.74, 6) is 1.08. The molecule has 1 saturated heterocycles. The number of halogens is 2. The highest BCUT2D eigenvalue weighted by molar-refractivity contribution is 7.99. The van der Waals surface area contributed by atoms with Gasteiger partial charge in [0.1, 0.15) is 0 Å². The van der Waals surface area contributed by atoms with Crippen molar-refractivity contribution in [3.05, 3.63) is 33.8 Å². The van der Waals surface area contributed by atoms with Gasteiger partial charge in [0.05, 0.1) is 5.75 Å². The van der Waals surface area contributed by atoms with Crippen LogP contribution in [0.2, 0.25) is 10.0 Å². The fourth-order valence-corrected chi connectivity index (χ4v) is 5.52. The smallest absolute Gasteiger partial charge is 0.223 e. The normalized spacial score (nSPS) is 17.2. The van der Waals surface area contributed by atoms with Crippen LogP contribution < -0.4 is 5.32 Å². The minimum atomic E-state index is -3.31. The van der Waals surface area contributed by atoms with E-state index in [1.165, 1.54) is 4.31 Å². The van der Waals surface area contributed by atoms with E-state index in [1.807, 2.05) is 0 Å². The van der Waals surface area contributed by atoms with Crippen molar-refractivity contribution in [2.75, 3.05) is 36.9 Å². The van der Waals surface area contributed by atoms with Crippen molar-refractivity contribution in [2.24, 2.45) is 5.92 Å². The molecule has 1 N–H and O–H groups in total. The fourth-order valence-electron chi connectivity index (χ4n) is 2.54. The summed E-state index contributed by atoms with van der Waals surface area (Å²) in [5, 5.41) is 3.78. The summed E-state index contributed by atoms with van der Waals surface area (Å²) in [6.07, 6.45) is 0.470. The Morgan fingerprint density at radius 2 is 2.00 bits per heavy atom. The monoisotopic (exact) mass is 424 g/mol. The van der Waals surface area contributed by atoms with Crippen LogP contribution in [0, 0.1) is 5.92 Å². The highest BCUT2D eigenvalue weighted by Crippen LogP contribution is 2.23. The first-order valence-corrected chi connectivity index (χ1v) is 11.6. The number of carbonyl (C=O) groups is 1. The molecular formula is C16H22Cl2N2O3S2. The average Bonchev–Trinajstić information content (AvgIpc) is 2.58. The van der Waals surface area contributed by atoms with Gasteiger partial charge in [-0.25, -0.2) is 12.7 Å². The van der Waals surface area contributed by atoms with Crippen LogP contribution in [0.15, 0.2) is 18.2 Å². The molecule has 0 bridgehead atoms. The van der Waals surface area contributed by atoms with Crippen molar-refractivity contribution in [1.29, 1.82) is 0 Å². The summed E-state index contributed by atoms with van der Waals surface area (Å²) in [5.41, 5.74) is 0.840. The van der Waals surface area contributed by atoms with Crippen molar-refractivity contribution in [3.63, 3.8) is 0 Å². The lowest BCUT2D eigenvalue weighted by Gasteiger charge is -2.25. The number of benzene rings is 1. The summed E-state index contributed by atoms with van der Waals surface area (Å²) in [4.78, 5) is 12.2. The number of nitrogens with zero attached hydrogens (tertiary/aromatic N) is 1. The van der Waals surface area contributed by atoms with Gasteiger partial charge in [0.25, 0.3) is 0 Å². The SMILES string of the molecule is CC(Cc1ccc(Cl)cc1Cl)C(=O)NCCS(=O)(=O)N1CCSCC1. The molecule has 0 aromatic heterocycles. The van der Waals surface area contributed by atoms with E-state index >= 15 is 0 Å². The molecular weight excluding hydrogens is 403 g/mol. The number of rotatable bonds is 7. The lowest BCUT2D eigenvalue weighted by Crippen LogP contribution is -2.42. The number of nitrogens with one attached hydrogen (secondary N) is 1. The van der Waals surface area contributed by atoms with Crippen molar-refractivity contribution >= 4 is 50.9 Å². The second-order valence-electron chi connectivity index (χ2n) is 5.96. The van der Waals surface area contributed by atoms with E-state index in [9.17, 15) is 13.2 Å². The molecule has 0 spiro atoms. The van der Waals surface area contributed by atoms with Crippen molar-refractivity contribution in [1.82, 2.24) is 9.62 Å². The van der Waals surface area contributed by atoms with E-state index in [1.54, 1.807) is 36.9 Å². The van der Waals surface area contributed by atoms with E-state index < -0.39 is 10.0 Å². The van der Waals surface area contributed by atoms with Gasteiger partial charge in [0.15, 0.2) is 0 Å². The molecule has 140 valence electrons. The van der Waals surface area contributed by atoms with Gasteiger partial charge in [0, 0.05) is 47.1 Å². The Balaban J connectivity index is 1.81. The van der Waals surface area contributed by atoms with Gasteiger partial charge in [-0.1, -0.05) is 36.2 Å². The zero-order valence-electron chi connectivity index (χ0n) is 14.0. The lowest BCUT2D eigenvalue weighted by molar-refractivity contribution is -0.124. The second kappa shape index (κ2) is 9.46. The molecule has 1 aliphatic heterocycles. The molecule has 1 heterocycles. The van der Waals surface area contributed by atoms with Crippen LogP contribution >= 0.6 is 35.0 Å². The summed E-state index contributed by atoms with van der Waals surface area (Å²) in [7, 11) is -3.31. The van der Waals surface area contributed by atoms with Gasteiger partial charge in [0.2, 0.25) is 15.9 Å². The summed E-state index contributed by atoms with van der Waals surface area (Å²) in [6.45, 7) is 3.00. The van der Waals surface area contributed by atoms with Crippen LogP contribution in [-0.4, -0.2) is 55.5 Å². The van der Waals surface area contributed by atoms with E-state index in [-0.39, 0.29) is 24.1 Å². The van der Waals surface area contributed by atoms with Gasteiger partial charge < -0.3 is 5.32 Å². The number of sulfonamides is 1. The first-order valence-electron chi connectivity index (χ1n) is 8.07. The Bertz CT molecular complexity index is 707. The van der Waals surface area contributed by atoms with Crippen LogP contribution in [0.1, 0.15) is 12.5 Å². The maximum atomic E-state index is 12.2. The Morgan fingerprint density at radius 3 is 2.64 bits per heavy atom. The second-order valence-corrected chi connectivity index (χ2v) is 10.1. The molecule has 25 heavy (non-hydrogen) atoms. The number of carbonyl (C=O) groups excluding carboxylic acids is 1. The number of amides is 1. The third-order valence-electron chi connectivity index (χ3n) is 4.01. The average molecular weight is 425 g/mol. The fraction of sp³-hybridized carbons (Fsp3) is 0.562. The molecule has 1 unspecified atom stereocenters. The zero-order chi connectivity index (χ0) is 18.4. The third kappa shape index (κ3) is 6.32. The Labute approximate surface area is 163 Å². The van der Waals surface area contributed by atoms with Gasteiger partial charge in [-0.2, -0.15) is 11.8 Å². The van der Waals surface area contributed by atoms with Gasteiger partial charge in [-0.3, -0.25) is 4.79 Å². The highest BCUT2D eigenvalue weighted by Gasteiger charge is 2.24. The van der Waals surface area contributed by atoms with E-state index in [0.717, 1.165) is 17.1 Å². The minimum absolute atomic E-state index is 0.0716. The van der Waals surface area contributed by atoms with E-state index in [0.29, 0.717) is 29.6 Å². The minimum Gasteiger partial charge on any atom is -0.355 e. The van der Waals surface area contributed by atoms with Crippen molar-refractivity contribution in [2.45, 2.75) is 13.3 Å². The predicted molar refractivity (Wildman–Crippen MR) is 105 cm³/mol. The molecule has 1 amide bonds. The molecule has 1 aromatic rings. The highest BCUT2D eigenvalue weighted by atomic mass is 35.5. The number of thioether (sulfide) groups is 1. The Morgan fingerprint density at radius 1 is 1.32 bits per heavy atom. The van der Waals surface area contributed by atoms with Gasteiger partial charge in [-0.15, -0.1) is 0 Å². The maximum Gasteiger partial charge on any atom is 0.223 e. The molecule has 9 heteroatoms. The van der Waals surface area contributed by atoms with Crippen molar-refractivity contribution in [3.8, 4) is 0 Å². The first kappa shape index (κ1) is 20.8. The first-order chi connectivity index (χ1) is 11.8. The van der Waals surface area contributed by atoms with Crippen LogP contribution in [0.4, 0.5) is 0 Å². The molecule has 1 atom stereocenters. The standard InChI is InChI=1S/C16H22Cl2N2O3S2/c1-12(10-13-2-3-14(17)11-15(13)18)16(21)19-4-9-25(22,23)20-5-7-24-8-6-20/h2-3,11-12H,4-10H2,1H3,(H,19,21). The summed E-state index contributed by atoms with van der Waals surface area (Å²) >= 11 is 13.7. The quantitative estimate of drug-likeness (QED) is 0.730. The van der Waals surface area contributed by atoms with Crippen LogP contribution in [0.5, 0.6) is 0 Å². The Kier molecular flexibility index (Phi) is 7.89. The van der Waals surface area contributed by atoms with Crippen LogP contribution in [-0.2, 0) is 21.2 Å². The molecule has 1 aliphatic rings. The maximum absolute atomic E-state index is 12.2. The number of hydrogen-bond acceptors (Lipinski definition) is 4. The van der Waals surface area contributed by atoms with Gasteiger partial charge in [-0.05, 0) is 24.1 Å². The van der Waals surface area contributed by atoms with Crippen molar-refractivity contribution < 1.29 is 13.2 Å². The van der Waals surface area contributed by atoms with Crippen LogP contribution in [0.3, 0.4) is 0 Å². The van der Waals surface area contributed by atoms with E-state index in [4.69, 9.17) is 23.2 Å². The summed E-state index contributed by atoms with van der Waals surface area (Å²) in [6, 6.07) is 5.18. The molecule has 0 saturated carbocycles. The molecule has 0 aliphatic carbocycles. The summed E-state index contributed by atoms with van der Waals surface area (Å²) < 4.78 is 26.0. The predicted octanol–water partition coefficient (Wildman–Crippen LogP) is 2.67. The zero-order valence-corrected chi connectivity index (χ0v) is 17.1. The molecule has 1 fully saturated rings. The topological polar surface area (TPSA) is 66.5 Å². The molecule has 1 aromatic carbocycles. The molecule has 2 rings (SSSR count).